The lowest BCUT2D eigenvalue weighted by molar-refractivity contribution is 0.374. The Hall–Kier alpha value is -2.34. The highest BCUT2D eigenvalue weighted by Crippen LogP contribution is 2.31. The first-order valence-electron chi connectivity index (χ1n) is 5.35. The topological polar surface area (TPSA) is 82.3 Å². The summed E-state index contributed by atoms with van der Waals surface area (Å²) in [5.74, 6) is 7.15. The van der Waals surface area contributed by atoms with Gasteiger partial charge in [0.1, 0.15) is 0 Å². The number of hydrazine groups is 1. The third-order valence-electron chi connectivity index (χ3n) is 2.29. The first-order valence-corrected chi connectivity index (χ1v) is 5.35. The molecule has 0 atom stereocenters. The van der Waals surface area contributed by atoms with Crippen LogP contribution in [0.25, 0.3) is 0 Å². The summed E-state index contributed by atoms with van der Waals surface area (Å²) >= 11 is 0. The maximum Gasteiger partial charge on any atom is 0.240 e. The van der Waals surface area contributed by atoms with Crippen LogP contribution in [0, 0.1) is 6.92 Å². The maximum absolute atomic E-state index is 5.63. The fourth-order valence-corrected chi connectivity index (χ4v) is 1.44. The van der Waals surface area contributed by atoms with Crippen molar-refractivity contribution in [2.24, 2.45) is 5.84 Å². The van der Waals surface area contributed by atoms with Gasteiger partial charge in [0.2, 0.25) is 11.8 Å². The van der Waals surface area contributed by atoms with Crippen LogP contribution in [0.3, 0.4) is 0 Å². The SMILES string of the molecule is COc1cc(C)ccc1Oc1ccnc(NN)n1. The van der Waals surface area contributed by atoms with Gasteiger partial charge < -0.3 is 9.47 Å². The lowest BCUT2D eigenvalue weighted by atomic mass is 10.2. The van der Waals surface area contributed by atoms with E-state index in [0.29, 0.717) is 23.3 Å². The Balaban J connectivity index is 2.27. The van der Waals surface area contributed by atoms with Crippen molar-refractivity contribution in [2.75, 3.05) is 12.5 Å². The Bertz CT molecular complexity index is 545. The monoisotopic (exact) mass is 246 g/mol. The van der Waals surface area contributed by atoms with E-state index in [1.54, 1.807) is 19.4 Å². The molecule has 0 saturated carbocycles. The second kappa shape index (κ2) is 5.33. The first-order chi connectivity index (χ1) is 8.72. The number of methoxy groups -OCH3 is 1. The summed E-state index contributed by atoms with van der Waals surface area (Å²) in [4.78, 5) is 7.96. The predicted octanol–water partition coefficient (Wildman–Crippen LogP) is 1.87. The molecule has 0 aliphatic carbocycles. The van der Waals surface area contributed by atoms with E-state index in [4.69, 9.17) is 15.3 Å². The van der Waals surface area contributed by atoms with Crippen LogP contribution in [-0.4, -0.2) is 17.1 Å². The van der Waals surface area contributed by atoms with Gasteiger partial charge in [0.15, 0.2) is 11.5 Å². The van der Waals surface area contributed by atoms with E-state index in [-0.39, 0.29) is 0 Å². The van der Waals surface area contributed by atoms with Crippen molar-refractivity contribution in [1.29, 1.82) is 0 Å². The molecule has 18 heavy (non-hydrogen) atoms. The van der Waals surface area contributed by atoms with E-state index in [1.165, 1.54) is 0 Å². The highest BCUT2D eigenvalue weighted by Gasteiger charge is 2.07. The molecule has 94 valence electrons. The lowest BCUT2D eigenvalue weighted by Gasteiger charge is -2.10. The van der Waals surface area contributed by atoms with E-state index in [9.17, 15) is 0 Å². The summed E-state index contributed by atoms with van der Waals surface area (Å²) < 4.78 is 10.9. The number of benzene rings is 1. The van der Waals surface area contributed by atoms with Crippen molar-refractivity contribution in [3.05, 3.63) is 36.0 Å². The number of ether oxygens (including phenoxy) is 2. The van der Waals surface area contributed by atoms with Crippen molar-refractivity contribution >= 4 is 5.95 Å². The largest absolute Gasteiger partial charge is 0.493 e. The van der Waals surface area contributed by atoms with Gasteiger partial charge in [-0.3, -0.25) is 5.43 Å². The average molecular weight is 246 g/mol. The van der Waals surface area contributed by atoms with Gasteiger partial charge in [0, 0.05) is 12.3 Å². The van der Waals surface area contributed by atoms with Crippen LogP contribution in [0.4, 0.5) is 5.95 Å². The molecule has 0 bridgehead atoms. The van der Waals surface area contributed by atoms with Crippen LogP contribution < -0.4 is 20.7 Å². The number of nitrogens with two attached hydrogens (primary N) is 1. The number of anilines is 1. The van der Waals surface area contributed by atoms with E-state index >= 15 is 0 Å². The molecule has 0 fully saturated rings. The number of aryl methyl sites for hydroxylation is 1. The minimum Gasteiger partial charge on any atom is -0.493 e. The molecule has 0 amide bonds. The molecular formula is C12H14N4O2. The zero-order valence-electron chi connectivity index (χ0n) is 10.2. The summed E-state index contributed by atoms with van der Waals surface area (Å²) in [7, 11) is 1.59. The smallest absolute Gasteiger partial charge is 0.240 e. The van der Waals surface area contributed by atoms with Crippen LogP contribution in [0.1, 0.15) is 5.56 Å². The van der Waals surface area contributed by atoms with Gasteiger partial charge in [-0.25, -0.2) is 10.8 Å². The average Bonchev–Trinajstić information content (AvgIpc) is 2.41. The van der Waals surface area contributed by atoms with E-state index in [1.807, 2.05) is 25.1 Å². The minimum absolute atomic E-state index is 0.290. The number of aromatic nitrogens is 2. The molecule has 1 aromatic heterocycles. The minimum atomic E-state index is 0.290. The van der Waals surface area contributed by atoms with Crippen LogP contribution in [-0.2, 0) is 0 Å². The fourth-order valence-electron chi connectivity index (χ4n) is 1.44. The quantitative estimate of drug-likeness (QED) is 0.633. The van der Waals surface area contributed by atoms with Gasteiger partial charge in [-0.05, 0) is 24.6 Å². The van der Waals surface area contributed by atoms with Crippen molar-refractivity contribution in [3.63, 3.8) is 0 Å². The molecular weight excluding hydrogens is 232 g/mol. The Labute approximate surface area is 105 Å². The second-order valence-corrected chi connectivity index (χ2v) is 3.62. The number of hydrogen-bond donors (Lipinski definition) is 2. The molecule has 6 heteroatoms. The number of hydrogen-bond acceptors (Lipinski definition) is 6. The summed E-state index contributed by atoms with van der Waals surface area (Å²) in [6, 6.07) is 7.28. The fraction of sp³-hybridized carbons (Fsp3) is 0.167. The molecule has 0 aliphatic heterocycles. The van der Waals surface area contributed by atoms with Gasteiger partial charge >= 0.3 is 0 Å². The third-order valence-corrected chi connectivity index (χ3v) is 2.29. The molecule has 0 spiro atoms. The van der Waals surface area contributed by atoms with E-state index in [0.717, 1.165) is 5.56 Å². The highest BCUT2D eigenvalue weighted by atomic mass is 16.5. The number of nitrogen functional groups attached to an aromatic ring is 1. The van der Waals surface area contributed by atoms with Gasteiger partial charge in [-0.15, -0.1) is 0 Å². The molecule has 0 radical (unpaired) electrons. The summed E-state index contributed by atoms with van der Waals surface area (Å²) in [6.07, 6.45) is 1.55. The lowest BCUT2D eigenvalue weighted by Crippen LogP contribution is -2.10. The third kappa shape index (κ3) is 2.67. The molecule has 0 saturated heterocycles. The summed E-state index contributed by atoms with van der Waals surface area (Å²) in [5.41, 5.74) is 3.45. The first kappa shape index (κ1) is 12.1. The van der Waals surface area contributed by atoms with Crippen LogP contribution in [0.5, 0.6) is 17.4 Å². The molecule has 2 aromatic rings. The van der Waals surface area contributed by atoms with Crippen LogP contribution in [0.15, 0.2) is 30.5 Å². The highest BCUT2D eigenvalue weighted by molar-refractivity contribution is 5.44. The zero-order chi connectivity index (χ0) is 13.0. The molecule has 1 heterocycles. The molecule has 6 nitrogen and oxygen atoms in total. The van der Waals surface area contributed by atoms with E-state index < -0.39 is 0 Å². The molecule has 2 rings (SSSR count). The summed E-state index contributed by atoms with van der Waals surface area (Å²) in [5, 5.41) is 0. The Kier molecular flexibility index (Phi) is 3.59. The van der Waals surface area contributed by atoms with Crippen LogP contribution in [0.2, 0.25) is 0 Å². The number of nitrogens with one attached hydrogen (secondary N) is 1. The number of rotatable bonds is 4. The summed E-state index contributed by atoms with van der Waals surface area (Å²) in [6.45, 7) is 1.98. The van der Waals surface area contributed by atoms with Crippen molar-refractivity contribution in [3.8, 4) is 17.4 Å². The predicted molar refractivity (Wildman–Crippen MR) is 67.6 cm³/mol. The van der Waals surface area contributed by atoms with Gasteiger partial charge in [0.25, 0.3) is 0 Å². The standard InChI is InChI=1S/C12H14N4O2/c1-8-3-4-9(10(7-8)17-2)18-11-5-6-14-12(15-11)16-13/h3-7H,13H2,1-2H3,(H,14,15,16). The van der Waals surface area contributed by atoms with Gasteiger partial charge in [-0.1, -0.05) is 6.07 Å². The van der Waals surface area contributed by atoms with Crippen molar-refractivity contribution in [2.45, 2.75) is 6.92 Å². The maximum atomic E-state index is 5.63. The molecule has 1 aromatic carbocycles. The second-order valence-electron chi connectivity index (χ2n) is 3.62. The van der Waals surface area contributed by atoms with E-state index in [2.05, 4.69) is 15.4 Å². The number of nitrogens with zero attached hydrogens (tertiary/aromatic N) is 2. The molecule has 0 aliphatic rings. The Morgan fingerprint density at radius 3 is 2.78 bits per heavy atom. The zero-order valence-corrected chi connectivity index (χ0v) is 10.2. The Morgan fingerprint density at radius 2 is 2.06 bits per heavy atom. The molecule has 3 N–H and O–H groups in total. The molecule has 0 unspecified atom stereocenters. The van der Waals surface area contributed by atoms with Gasteiger partial charge in [0.05, 0.1) is 7.11 Å². The van der Waals surface area contributed by atoms with Gasteiger partial charge in [-0.2, -0.15) is 4.98 Å². The van der Waals surface area contributed by atoms with Crippen molar-refractivity contribution in [1.82, 2.24) is 9.97 Å². The normalized spacial score (nSPS) is 9.94. The van der Waals surface area contributed by atoms with Crippen LogP contribution >= 0.6 is 0 Å². The Morgan fingerprint density at radius 1 is 1.22 bits per heavy atom. The van der Waals surface area contributed by atoms with Crippen molar-refractivity contribution < 1.29 is 9.47 Å².